The van der Waals surface area contributed by atoms with Crippen LogP contribution in [0.3, 0.4) is 0 Å². The third-order valence-corrected chi connectivity index (χ3v) is 4.90. The molecule has 19 heavy (non-hydrogen) atoms. The van der Waals surface area contributed by atoms with E-state index in [0.717, 1.165) is 25.2 Å². The van der Waals surface area contributed by atoms with Gasteiger partial charge >= 0.3 is 0 Å². The molecule has 106 valence electrons. The van der Waals surface area contributed by atoms with Gasteiger partial charge in [0.2, 0.25) is 10.0 Å². The third-order valence-electron chi connectivity index (χ3n) is 3.44. The number of hydrogen-bond donors (Lipinski definition) is 2. The van der Waals surface area contributed by atoms with Crippen molar-refractivity contribution in [3.63, 3.8) is 0 Å². The van der Waals surface area contributed by atoms with E-state index in [2.05, 4.69) is 14.9 Å². The summed E-state index contributed by atoms with van der Waals surface area (Å²) in [5.41, 5.74) is 2.26. The Morgan fingerprint density at radius 2 is 2.05 bits per heavy atom. The first-order valence-corrected chi connectivity index (χ1v) is 8.02. The lowest BCUT2D eigenvalue weighted by Crippen LogP contribution is -2.32. The van der Waals surface area contributed by atoms with E-state index in [1.807, 2.05) is 20.0 Å². The molecule has 0 fully saturated rings. The highest BCUT2D eigenvalue weighted by Gasteiger charge is 2.17. The van der Waals surface area contributed by atoms with Crippen LogP contribution in [0.5, 0.6) is 0 Å². The molecule has 0 saturated carbocycles. The van der Waals surface area contributed by atoms with Crippen molar-refractivity contribution in [1.82, 2.24) is 14.9 Å². The first kappa shape index (κ1) is 14.5. The zero-order chi connectivity index (χ0) is 13.9. The van der Waals surface area contributed by atoms with Crippen molar-refractivity contribution < 1.29 is 8.42 Å². The zero-order valence-corrected chi connectivity index (χ0v) is 12.3. The molecular weight excluding hydrogens is 262 g/mol. The molecule has 5 nitrogen and oxygen atoms in total. The monoisotopic (exact) mass is 283 g/mol. The van der Waals surface area contributed by atoms with Crippen molar-refractivity contribution in [3.05, 3.63) is 29.3 Å². The second kappa shape index (κ2) is 6.00. The van der Waals surface area contributed by atoms with Crippen LogP contribution in [0, 0.1) is 0 Å². The number of nitrogens with zero attached hydrogens (tertiary/aromatic N) is 1. The Bertz CT molecular complexity index is 543. The molecule has 0 unspecified atom stereocenters. The van der Waals surface area contributed by atoms with E-state index < -0.39 is 10.0 Å². The molecule has 0 aliphatic carbocycles. The minimum atomic E-state index is -3.39. The average Bonchev–Trinajstić information content (AvgIpc) is 2.85. The summed E-state index contributed by atoms with van der Waals surface area (Å²) < 4.78 is 26.9. The fraction of sp³-hybridized carbons (Fsp3) is 0.538. The first-order chi connectivity index (χ1) is 9.03. The quantitative estimate of drug-likeness (QED) is 0.799. The van der Waals surface area contributed by atoms with Crippen LogP contribution in [0.25, 0.3) is 0 Å². The number of hydrogen-bond acceptors (Lipinski definition) is 4. The average molecular weight is 283 g/mol. The molecule has 1 aliphatic rings. The van der Waals surface area contributed by atoms with Crippen molar-refractivity contribution in [1.29, 1.82) is 0 Å². The molecule has 0 aromatic heterocycles. The Hall–Kier alpha value is -0.950. The van der Waals surface area contributed by atoms with Crippen LogP contribution in [0.4, 0.5) is 0 Å². The fourth-order valence-electron chi connectivity index (χ4n) is 2.05. The number of rotatable bonds is 6. The topological polar surface area (TPSA) is 61.4 Å². The molecule has 2 N–H and O–H groups in total. The minimum absolute atomic E-state index is 0.356. The summed E-state index contributed by atoms with van der Waals surface area (Å²) in [6.07, 6.45) is 0. The summed E-state index contributed by atoms with van der Waals surface area (Å²) in [5, 5.41) is 3.21. The highest BCUT2D eigenvalue weighted by molar-refractivity contribution is 7.89. The van der Waals surface area contributed by atoms with Crippen molar-refractivity contribution in [3.8, 4) is 0 Å². The highest BCUT2D eigenvalue weighted by atomic mass is 32.2. The minimum Gasteiger partial charge on any atom is -0.309 e. The summed E-state index contributed by atoms with van der Waals surface area (Å²) in [6, 6.07) is 5.33. The summed E-state index contributed by atoms with van der Waals surface area (Å²) in [6.45, 7) is 5.67. The van der Waals surface area contributed by atoms with Gasteiger partial charge in [-0.15, -0.1) is 0 Å². The maximum atomic E-state index is 12.2. The lowest BCUT2D eigenvalue weighted by atomic mass is 10.1. The third kappa shape index (κ3) is 3.54. The van der Waals surface area contributed by atoms with Crippen LogP contribution in [-0.4, -0.2) is 40.0 Å². The Balaban J connectivity index is 2.03. The Labute approximate surface area is 115 Å². The molecule has 0 saturated heterocycles. The Kier molecular flexibility index (Phi) is 4.57. The van der Waals surface area contributed by atoms with Gasteiger partial charge in [-0.25, -0.2) is 13.1 Å². The number of nitrogens with one attached hydrogen (secondary N) is 2. The second-order valence-corrected chi connectivity index (χ2v) is 6.59. The van der Waals surface area contributed by atoms with Crippen LogP contribution < -0.4 is 10.0 Å². The van der Waals surface area contributed by atoms with Crippen molar-refractivity contribution in [2.24, 2.45) is 0 Å². The fourth-order valence-corrected chi connectivity index (χ4v) is 3.12. The number of fused-ring (bicyclic) bond motifs is 1. The van der Waals surface area contributed by atoms with Crippen LogP contribution in [0.2, 0.25) is 0 Å². The SMILES string of the molecule is CCN(C)CCNS(=O)(=O)c1ccc2c(c1)CNC2. The Morgan fingerprint density at radius 1 is 1.32 bits per heavy atom. The smallest absolute Gasteiger partial charge is 0.240 e. The van der Waals surface area contributed by atoms with Crippen LogP contribution in [-0.2, 0) is 23.1 Å². The number of likely N-dealkylation sites (N-methyl/N-ethyl adjacent to an activating group) is 1. The molecule has 6 heteroatoms. The van der Waals surface area contributed by atoms with E-state index >= 15 is 0 Å². The second-order valence-electron chi connectivity index (χ2n) is 4.83. The number of benzene rings is 1. The standard InChI is InChI=1S/C13H21N3O2S/c1-3-16(2)7-6-15-19(17,18)13-5-4-11-9-14-10-12(11)8-13/h4-5,8,14-15H,3,6-7,9-10H2,1-2H3. The van der Waals surface area contributed by atoms with Gasteiger partial charge in [0.25, 0.3) is 0 Å². The first-order valence-electron chi connectivity index (χ1n) is 6.53. The summed E-state index contributed by atoms with van der Waals surface area (Å²) in [5.74, 6) is 0. The van der Waals surface area contributed by atoms with Gasteiger partial charge in [-0.1, -0.05) is 13.0 Å². The predicted octanol–water partition coefficient (Wildman–Crippen LogP) is 0.520. The molecule has 2 rings (SSSR count). The van der Waals surface area contributed by atoms with Crippen molar-refractivity contribution in [2.75, 3.05) is 26.7 Å². The molecule has 0 atom stereocenters. The van der Waals surface area contributed by atoms with Gasteiger partial charge in [-0.2, -0.15) is 0 Å². The maximum absolute atomic E-state index is 12.2. The maximum Gasteiger partial charge on any atom is 0.240 e. The zero-order valence-electron chi connectivity index (χ0n) is 11.4. The van der Waals surface area contributed by atoms with Gasteiger partial charge in [0.1, 0.15) is 0 Å². The van der Waals surface area contributed by atoms with Crippen LogP contribution in [0.1, 0.15) is 18.1 Å². The Morgan fingerprint density at radius 3 is 2.79 bits per heavy atom. The van der Waals surface area contributed by atoms with Gasteiger partial charge in [-0.05, 0) is 36.9 Å². The highest BCUT2D eigenvalue weighted by Crippen LogP contribution is 2.19. The lowest BCUT2D eigenvalue weighted by molar-refractivity contribution is 0.358. The van der Waals surface area contributed by atoms with Crippen LogP contribution in [0.15, 0.2) is 23.1 Å². The predicted molar refractivity (Wildman–Crippen MR) is 75.3 cm³/mol. The van der Waals surface area contributed by atoms with Crippen molar-refractivity contribution in [2.45, 2.75) is 24.9 Å². The molecule has 1 aromatic carbocycles. The van der Waals surface area contributed by atoms with Gasteiger partial charge < -0.3 is 10.2 Å². The van der Waals surface area contributed by atoms with Gasteiger partial charge in [0.15, 0.2) is 0 Å². The van der Waals surface area contributed by atoms with E-state index in [1.165, 1.54) is 5.56 Å². The molecule has 0 radical (unpaired) electrons. The molecule has 1 aromatic rings. The van der Waals surface area contributed by atoms with Crippen LogP contribution >= 0.6 is 0 Å². The lowest BCUT2D eigenvalue weighted by Gasteiger charge is -2.14. The van der Waals surface area contributed by atoms with E-state index in [1.54, 1.807) is 12.1 Å². The molecular formula is C13H21N3O2S. The van der Waals surface area contributed by atoms with E-state index in [4.69, 9.17) is 0 Å². The molecule has 1 aliphatic heterocycles. The summed E-state index contributed by atoms with van der Waals surface area (Å²) in [4.78, 5) is 2.42. The van der Waals surface area contributed by atoms with E-state index in [-0.39, 0.29) is 0 Å². The molecule has 0 bridgehead atoms. The van der Waals surface area contributed by atoms with Gasteiger partial charge in [-0.3, -0.25) is 0 Å². The van der Waals surface area contributed by atoms with Crippen molar-refractivity contribution >= 4 is 10.0 Å². The molecule has 1 heterocycles. The largest absolute Gasteiger partial charge is 0.309 e. The summed E-state index contributed by atoms with van der Waals surface area (Å²) in [7, 11) is -1.42. The van der Waals surface area contributed by atoms with Gasteiger partial charge in [0, 0.05) is 26.2 Å². The van der Waals surface area contributed by atoms with E-state index in [9.17, 15) is 8.42 Å². The van der Waals surface area contributed by atoms with E-state index in [0.29, 0.717) is 18.0 Å². The summed E-state index contributed by atoms with van der Waals surface area (Å²) >= 11 is 0. The normalized spacial score (nSPS) is 14.9. The molecule has 0 spiro atoms. The molecule has 0 amide bonds. The van der Waals surface area contributed by atoms with Gasteiger partial charge in [0.05, 0.1) is 4.90 Å². The number of sulfonamides is 1.